The molecule has 0 aromatic heterocycles. The van der Waals surface area contributed by atoms with Crippen molar-refractivity contribution in [3.05, 3.63) is 94.5 Å². The molecule has 6 nitrogen and oxygen atoms in total. The molecule has 0 aliphatic rings. The second-order valence-corrected chi connectivity index (χ2v) is 8.33. The lowest BCUT2D eigenvalue weighted by Crippen LogP contribution is -2.39. The molecule has 3 aromatic carbocycles. The van der Waals surface area contributed by atoms with Crippen LogP contribution in [-0.4, -0.2) is 29.1 Å². The van der Waals surface area contributed by atoms with E-state index in [0.717, 1.165) is 11.1 Å². The third-order valence-corrected chi connectivity index (χ3v) is 5.32. The van der Waals surface area contributed by atoms with Crippen molar-refractivity contribution in [3.8, 4) is 11.5 Å². The van der Waals surface area contributed by atoms with Crippen LogP contribution in [0.1, 0.15) is 41.8 Å². The molecule has 1 N–H and O–H groups in total. The van der Waals surface area contributed by atoms with Gasteiger partial charge in [0.25, 0.3) is 0 Å². The van der Waals surface area contributed by atoms with Crippen LogP contribution in [0.4, 0.5) is 0 Å². The highest BCUT2D eigenvalue weighted by Gasteiger charge is 2.36. The summed E-state index contributed by atoms with van der Waals surface area (Å²) in [5, 5.41) is 10.7. The van der Waals surface area contributed by atoms with Gasteiger partial charge in [-0.3, -0.25) is 4.79 Å². The number of ketones is 1. The van der Waals surface area contributed by atoms with Crippen molar-refractivity contribution in [1.82, 2.24) is 0 Å². The van der Waals surface area contributed by atoms with Crippen molar-refractivity contribution in [2.75, 3.05) is 6.61 Å². The van der Waals surface area contributed by atoms with E-state index < -0.39 is 23.8 Å². The standard InChI is InChI=1S/C27H27ClO6/c1-3-32-26(30)27(2,31)16-23(29)21-14-22(28)25(34-18-20-12-8-5-9-13-20)15-24(21)33-17-19-10-6-4-7-11-19/h4-15,31H,3,16-18H2,1-2H3. The van der Waals surface area contributed by atoms with E-state index in [1.54, 1.807) is 13.0 Å². The highest BCUT2D eigenvalue weighted by molar-refractivity contribution is 6.32. The van der Waals surface area contributed by atoms with Gasteiger partial charge < -0.3 is 19.3 Å². The van der Waals surface area contributed by atoms with Crippen LogP contribution in [0.25, 0.3) is 0 Å². The number of carbonyl (C=O) groups is 2. The Labute approximate surface area is 204 Å². The Morgan fingerprint density at radius 2 is 1.41 bits per heavy atom. The van der Waals surface area contributed by atoms with Gasteiger partial charge >= 0.3 is 5.97 Å². The molecule has 0 radical (unpaired) electrons. The predicted molar refractivity (Wildman–Crippen MR) is 129 cm³/mol. The summed E-state index contributed by atoms with van der Waals surface area (Å²) in [5.41, 5.74) is 0.00769. The van der Waals surface area contributed by atoms with E-state index >= 15 is 0 Å². The van der Waals surface area contributed by atoms with Gasteiger partial charge in [-0.2, -0.15) is 0 Å². The van der Waals surface area contributed by atoms with Crippen molar-refractivity contribution in [2.45, 2.75) is 39.1 Å². The van der Waals surface area contributed by atoms with E-state index in [1.807, 2.05) is 60.7 Å². The summed E-state index contributed by atoms with van der Waals surface area (Å²) in [6, 6.07) is 22.0. The van der Waals surface area contributed by atoms with Gasteiger partial charge in [-0.1, -0.05) is 72.3 Å². The molecule has 3 rings (SSSR count). The van der Waals surface area contributed by atoms with Crippen molar-refractivity contribution in [2.24, 2.45) is 0 Å². The zero-order chi connectivity index (χ0) is 24.6. The SMILES string of the molecule is CCOC(=O)C(C)(O)CC(=O)c1cc(Cl)c(OCc2ccccc2)cc1OCc1ccccc1. The van der Waals surface area contributed by atoms with E-state index in [9.17, 15) is 14.7 Å². The zero-order valence-electron chi connectivity index (χ0n) is 19.1. The quantitative estimate of drug-likeness (QED) is 0.291. The Morgan fingerprint density at radius 1 is 0.882 bits per heavy atom. The Bertz CT molecular complexity index is 1110. The molecule has 0 aliphatic carbocycles. The molecule has 0 spiro atoms. The van der Waals surface area contributed by atoms with Crippen molar-refractivity contribution in [3.63, 3.8) is 0 Å². The van der Waals surface area contributed by atoms with E-state index in [0.29, 0.717) is 5.75 Å². The topological polar surface area (TPSA) is 82.1 Å². The molecule has 3 aromatic rings. The average Bonchev–Trinajstić information content (AvgIpc) is 2.83. The summed E-state index contributed by atoms with van der Waals surface area (Å²) in [6.45, 7) is 3.44. The Hall–Kier alpha value is -3.35. The maximum absolute atomic E-state index is 13.1. The van der Waals surface area contributed by atoms with Crippen LogP contribution in [0, 0.1) is 0 Å². The number of aliphatic hydroxyl groups is 1. The monoisotopic (exact) mass is 482 g/mol. The fourth-order valence-electron chi connectivity index (χ4n) is 3.22. The normalized spacial score (nSPS) is 12.5. The molecular formula is C27H27ClO6. The highest BCUT2D eigenvalue weighted by atomic mass is 35.5. The lowest BCUT2D eigenvalue weighted by atomic mass is 9.95. The minimum atomic E-state index is -1.99. The van der Waals surface area contributed by atoms with Gasteiger partial charge in [0.2, 0.25) is 0 Å². The largest absolute Gasteiger partial charge is 0.488 e. The Morgan fingerprint density at radius 3 is 1.94 bits per heavy atom. The summed E-state index contributed by atoms with van der Waals surface area (Å²) in [7, 11) is 0. The number of ether oxygens (including phenoxy) is 3. The molecule has 0 amide bonds. The van der Waals surface area contributed by atoms with Gasteiger partial charge in [0.15, 0.2) is 11.4 Å². The Balaban J connectivity index is 1.87. The van der Waals surface area contributed by atoms with Gasteiger partial charge in [0.1, 0.15) is 24.7 Å². The van der Waals surface area contributed by atoms with Crippen molar-refractivity contribution >= 4 is 23.4 Å². The number of hydrogen-bond acceptors (Lipinski definition) is 6. The molecule has 0 bridgehead atoms. The first-order chi connectivity index (χ1) is 16.3. The number of Topliss-reactive ketones (excluding diaryl/α,β-unsaturated/α-hetero) is 1. The summed E-state index contributed by atoms with van der Waals surface area (Å²) in [5.74, 6) is -0.801. The van der Waals surface area contributed by atoms with Gasteiger partial charge in [0.05, 0.1) is 23.6 Å². The minimum Gasteiger partial charge on any atom is -0.488 e. The van der Waals surface area contributed by atoms with Crippen molar-refractivity contribution < 1.29 is 28.9 Å². The molecule has 0 heterocycles. The Kier molecular flexibility index (Phi) is 8.68. The molecule has 7 heteroatoms. The maximum Gasteiger partial charge on any atom is 0.338 e. The van der Waals surface area contributed by atoms with Crippen LogP contribution in [0.5, 0.6) is 11.5 Å². The third kappa shape index (κ3) is 6.83. The van der Waals surface area contributed by atoms with Gasteiger partial charge in [-0.05, 0) is 31.0 Å². The van der Waals surface area contributed by atoms with Crippen LogP contribution in [0.3, 0.4) is 0 Å². The summed E-state index contributed by atoms with van der Waals surface area (Å²) in [6.07, 6.45) is -0.492. The average molecular weight is 483 g/mol. The molecule has 0 saturated carbocycles. The first-order valence-electron chi connectivity index (χ1n) is 10.9. The van der Waals surface area contributed by atoms with E-state index in [1.165, 1.54) is 13.0 Å². The van der Waals surface area contributed by atoms with Gasteiger partial charge in [-0.25, -0.2) is 4.79 Å². The number of hydrogen-bond donors (Lipinski definition) is 1. The molecular weight excluding hydrogens is 456 g/mol. The van der Waals surface area contributed by atoms with Gasteiger partial charge in [0, 0.05) is 6.07 Å². The summed E-state index contributed by atoms with van der Waals surface area (Å²) >= 11 is 6.43. The van der Waals surface area contributed by atoms with Crippen LogP contribution < -0.4 is 9.47 Å². The lowest BCUT2D eigenvalue weighted by Gasteiger charge is -2.21. The minimum absolute atomic E-state index is 0.0912. The molecule has 0 fully saturated rings. The number of esters is 1. The predicted octanol–water partition coefficient (Wildman–Crippen LogP) is 5.38. The fraction of sp³-hybridized carbons (Fsp3) is 0.259. The molecule has 1 unspecified atom stereocenters. The maximum atomic E-state index is 13.1. The van der Waals surface area contributed by atoms with Crippen LogP contribution in [0.2, 0.25) is 5.02 Å². The van der Waals surface area contributed by atoms with Crippen LogP contribution >= 0.6 is 11.6 Å². The second kappa shape index (κ2) is 11.7. The highest BCUT2D eigenvalue weighted by Crippen LogP contribution is 2.35. The lowest BCUT2D eigenvalue weighted by molar-refractivity contribution is -0.162. The first-order valence-corrected chi connectivity index (χ1v) is 11.3. The van der Waals surface area contributed by atoms with Crippen molar-refractivity contribution in [1.29, 1.82) is 0 Å². The van der Waals surface area contributed by atoms with Crippen LogP contribution in [0.15, 0.2) is 72.8 Å². The zero-order valence-corrected chi connectivity index (χ0v) is 19.9. The molecule has 1 atom stereocenters. The fourth-order valence-corrected chi connectivity index (χ4v) is 3.44. The third-order valence-electron chi connectivity index (χ3n) is 5.03. The molecule has 34 heavy (non-hydrogen) atoms. The molecule has 0 aliphatic heterocycles. The number of carbonyl (C=O) groups excluding carboxylic acids is 2. The number of halogens is 1. The van der Waals surface area contributed by atoms with Crippen LogP contribution in [-0.2, 0) is 22.7 Å². The van der Waals surface area contributed by atoms with E-state index in [-0.39, 0.29) is 36.2 Å². The van der Waals surface area contributed by atoms with Gasteiger partial charge in [-0.15, -0.1) is 0 Å². The number of rotatable bonds is 11. The molecule has 0 saturated heterocycles. The molecule has 178 valence electrons. The summed E-state index contributed by atoms with van der Waals surface area (Å²) < 4.78 is 16.7. The van der Waals surface area contributed by atoms with E-state index in [4.69, 9.17) is 25.8 Å². The van der Waals surface area contributed by atoms with E-state index in [2.05, 4.69) is 0 Å². The number of benzene rings is 3. The second-order valence-electron chi connectivity index (χ2n) is 7.92. The first kappa shape index (κ1) is 25.3. The smallest absolute Gasteiger partial charge is 0.338 e. The summed E-state index contributed by atoms with van der Waals surface area (Å²) in [4.78, 5) is 25.2.